The van der Waals surface area contributed by atoms with E-state index < -0.39 is 12.7 Å². The Bertz CT molecular complexity index is 663. The van der Waals surface area contributed by atoms with E-state index in [0.29, 0.717) is 18.2 Å². The zero-order chi connectivity index (χ0) is 17.0. The summed E-state index contributed by atoms with van der Waals surface area (Å²) >= 11 is 1.47. The zero-order valence-electron chi connectivity index (χ0n) is 12.7. The summed E-state index contributed by atoms with van der Waals surface area (Å²) in [5.74, 6) is 0.0249. The van der Waals surface area contributed by atoms with Crippen LogP contribution in [0.5, 0.6) is 0 Å². The lowest BCUT2D eigenvalue weighted by Gasteiger charge is -2.05. The minimum absolute atomic E-state index is 0.0622. The standard InChI is InChI=1S/C14H17F3N4OS/c1-9(2)11-7-23-13(19-11)6-18-12(22)5-10-3-4-21(20-10)8-14(15,16)17/h3-4,7,9H,5-6,8H2,1-2H3,(H,18,22). The third-order valence-corrected chi connectivity index (χ3v) is 3.84. The van der Waals surface area contributed by atoms with Gasteiger partial charge in [0.15, 0.2) is 0 Å². The van der Waals surface area contributed by atoms with Crippen molar-refractivity contribution in [2.24, 2.45) is 0 Å². The fourth-order valence-corrected chi connectivity index (χ4v) is 2.74. The number of thiazole rings is 1. The molecule has 0 atom stereocenters. The van der Waals surface area contributed by atoms with E-state index in [9.17, 15) is 18.0 Å². The number of hydrogen-bond donors (Lipinski definition) is 1. The molecular formula is C14H17F3N4OS. The molecule has 1 amide bonds. The minimum atomic E-state index is -4.33. The molecule has 0 unspecified atom stereocenters. The van der Waals surface area contributed by atoms with Crippen LogP contribution in [0.25, 0.3) is 0 Å². The highest BCUT2D eigenvalue weighted by Crippen LogP contribution is 2.18. The van der Waals surface area contributed by atoms with Crippen molar-refractivity contribution in [3.05, 3.63) is 34.0 Å². The van der Waals surface area contributed by atoms with Gasteiger partial charge < -0.3 is 5.32 Å². The van der Waals surface area contributed by atoms with Crippen LogP contribution in [0, 0.1) is 0 Å². The monoisotopic (exact) mass is 346 g/mol. The molecule has 5 nitrogen and oxygen atoms in total. The van der Waals surface area contributed by atoms with E-state index in [-0.39, 0.29) is 12.3 Å². The van der Waals surface area contributed by atoms with E-state index in [1.807, 2.05) is 19.2 Å². The Kier molecular flexibility index (Phi) is 5.40. The average Bonchev–Trinajstić information content (AvgIpc) is 3.04. The van der Waals surface area contributed by atoms with Gasteiger partial charge in [-0.1, -0.05) is 13.8 Å². The number of halogens is 3. The molecular weight excluding hydrogens is 329 g/mol. The van der Waals surface area contributed by atoms with Gasteiger partial charge in [-0.25, -0.2) is 4.98 Å². The van der Waals surface area contributed by atoms with Crippen molar-refractivity contribution < 1.29 is 18.0 Å². The number of carbonyl (C=O) groups excluding carboxylic acids is 1. The normalized spacial score (nSPS) is 11.9. The van der Waals surface area contributed by atoms with Gasteiger partial charge in [-0.3, -0.25) is 9.48 Å². The van der Waals surface area contributed by atoms with Crippen LogP contribution in [0.2, 0.25) is 0 Å². The number of alkyl halides is 3. The number of hydrogen-bond acceptors (Lipinski definition) is 4. The Balaban J connectivity index is 1.82. The van der Waals surface area contributed by atoms with E-state index in [1.54, 1.807) is 0 Å². The molecule has 2 rings (SSSR count). The van der Waals surface area contributed by atoms with Gasteiger partial charge in [-0.05, 0) is 12.0 Å². The highest BCUT2D eigenvalue weighted by Gasteiger charge is 2.28. The summed E-state index contributed by atoms with van der Waals surface area (Å²) in [5.41, 5.74) is 1.28. The van der Waals surface area contributed by atoms with Crippen LogP contribution in [0.3, 0.4) is 0 Å². The van der Waals surface area contributed by atoms with Gasteiger partial charge in [-0.2, -0.15) is 18.3 Å². The number of amides is 1. The van der Waals surface area contributed by atoms with E-state index in [2.05, 4.69) is 15.4 Å². The lowest BCUT2D eigenvalue weighted by atomic mass is 10.2. The van der Waals surface area contributed by atoms with Crippen molar-refractivity contribution in [3.8, 4) is 0 Å². The smallest absolute Gasteiger partial charge is 0.349 e. The second-order valence-corrected chi connectivity index (χ2v) is 6.34. The number of rotatable bonds is 6. The molecule has 0 aliphatic heterocycles. The molecule has 0 aliphatic rings. The van der Waals surface area contributed by atoms with Gasteiger partial charge in [0.05, 0.1) is 24.4 Å². The van der Waals surface area contributed by atoms with Gasteiger partial charge >= 0.3 is 6.18 Å². The molecule has 2 aromatic heterocycles. The van der Waals surface area contributed by atoms with Crippen LogP contribution < -0.4 is 5.32 Å². The zero-order valence-corrected chi connectivity index (χ0v) is 13.5. The van der Waals surface area contributed by atoms with Crippen LogP contribution in [0.4, 0.5) is 13.2 Å². The Morgan fingerprint density at radius 2 is 2.17 bits per heavy atom. The third-order valence-electron chi connectivity index (χ3n) is 2.98. The van der Waals surface area contributed by atoms with Gasteiger partial charge in [0.2, 0.25) is 5.91 Å². The maximum absolute atomic E-state index is 12.2. The predicted octanol–water partition coefficient (Wildman–Crippen LogP) is 2.88. The predicted molar refractivity (Wildman–Crippen MR) is 80.0 cm³/mol. The van der Waals surface area contributed by atoms with E-state index >= 15 is 0 Å². The summed E-state index contributed by atoms with van der Waals surface area (Å²) in [4.78, 5) is 16.2. The van der Waals surface area contributed by atoms with Crippen LogP contribution in [-0.2, 0) is 24.3 Å². The molecule has 0 aliphatic carbocycles. The first-order chi connectivity index (χ1) is 10.7. The second-order valence-electron chi connectivity index (χ2n) is 5.39. The van der Waals surface area contributed by atoms with Gasteiger partial charge in [0.25, 0.3) is 0 Å². The Hall–Kier alpha value is -1.90. The molecule has 1 N–H and O–H groups in total. The van der Waals surface area contributed by atoms with Gasteiger partial charge in [-0.15, -0.1) is 11.3 Å². The molecule has 0 saturated heterocycles. The Morgan fingerprint density at radius 1 is 1.43 bits per heavy atom. The molecule has 23 heavy (non-hydrogen) atoms. The maximum atomic E-state index is 12.2. The first-order valence-corrected chi connectivity index (χ1v) is 7.91. The summed E-state index contributed by atoms with van der Waals surface area (Å²) in [5, 5.41) is 9.18. The fraction of sp³-hybridized carbons (Fsp3) is 0.500. The number of nitrogens with one attached hydrogen (secondary N) is 1. The van der Waals surface area contributed by atoms with Crippen LogP contribution >= 0.6 is 11.3 Å². The molecule has 0 radical (unpaired) electrons. The fourth-order valence-electron chi connectivity index (χ4n) is 1.84. The lowest BCUT2D eigenvalue weighted by molar-refractivity contribution is -0.142. The molecule has 0 spiro atoms. The summed E-state index contributed by atoms with van der Waals surface area (Å²) in [7, 11) is 0. The highest BCUT2D eigenvalue weighted by atomic mass is 32.1. The van der Waals surface area contributed by atoms with Crippen molar-refractivity contribution in [3.63, 3.8) is 0 Å². The topological polar surface area (TPSA) is 59.8 Å². The summed E-state index contributed by atoms with van der Waals surface area (Å²) in [6, 6.07) is 1.41. The van der Waals surface area contributed by atoms with Gasteiger partial charge in [0, 0.05) is 11.6 Å². The lowest BCUT2D eigenvalue weighted by Crippen LogP contribution is -2.25. The molecule has 0 fully saturated rings. The van der Waals surface area contributed by atoms with E-state index in [1.165, 1.54) is 23.6 Å². The van der Waals surface area contributed by atoms with Crippen molar-refractivity contribution >= 4 is 17.2 Å². The molecule has 0 aromatic carbocycles. The summed E-state index contributed by atoms with van der Waals surface area (Å²) < 4.78 is 37.5. The van der Waals surface area contributed by atoms with E-state index in [0.717, 1.165) is 15.4 Å². The van der Waals surface area contributed by atoms with Crippen molar-refractivity contribution in [1.82, 2.24) is 20.1 Å². The quantitative estimate of drug-likeness (QED) is 0.875. The van der Waals surface area contributed by atoms with Crippen LogP contribution in [0.1, 0.15) is 36.2 Å². The highest BCUT2D eigenvalue weighted by molar-refractivity contribution is 7.09. The largest absolute Gasteiger partial charge is 0.408 e. The molecule has 126 valence electrons. The number of carbonyl (C=O) groups is 1. The number of nitrogens with zero attached hydrogens (tertiary/aromatic N) is 3. The van der Waals surface area contributed by atoms with E-state index in [4.69, 9.17) is 0 Å². The third kappa shape index (κ3) is 5.66. The first kappa shape index (κ1) is 17.5. The van der Waals surface area contributed by atoms with Crippen LogP contribution in [-0.4, -0.2) is 26.8 Å². The van der Waals surface area contributed by atoms with Crippen molar-refractivity contribution in [1.29, 1.82) is 0 Å². The molecule has 0 saturated carbocycles. The maximum Gasteiger partial charge on any atom is 0.408 e. The molecule has 2 aromatic rings. The Labute approximate surface area is 135 Å². The second kappa shape index (κ2) is 7.12. The molecule has 2 heterocycles. The van der Waals surface area contributed by atoms with Crippen molar-refractivity contribution in [2.45, 2.75) is 45.5 Å². The average molecular weight is 346 g/mol. The first-order valence-electron chi connectivity index (χ1n) is 7.03. The van der Waals surface area contributed by atoms with Crippen LogP contribution in [0.15, 0.2) is 17.6 Å². The summed E-state index contributed by atoms with van der Waals surface area (Å²) in [6.07, 6.45) is -3.18. The number of aromatic nitrogens is 3. The molecule has 0 bridgehead atoms. The van der Waals surface area contributed by atoms with Crippen molar-refractivity contribution in [2.75, 3.05) is 0 Å². The SMILES string of the molecule is CC(C)c1csc(CNC(=O)Cc2ccn(CC(F)(F)F)n2)n1. The summed E-state index contributed by atoms with van der Waals surface area (Å²) in [6.45, 7) is 3.22. The minimum Gasteiger partial charge on any atom is -0.349 e. The van der Waals surface area contributed by atoms with Gasteiger partial charge in [0.1, 0.15) is 11.6 Å². The molecule has 9 heteroatoms. The Morgan fingerprint density at radius 3 is 2.78 bits per heavy atom.